The Balaban J connectivity index is 1.69. The third kappa shape index (κ3) is 2.58. The van der Waals surface area contributed by atoms with E-state index in [0.717, 1.165) is 33.4 Å². The smallest absolute Gasteiger partial charge is 0.130 e. The summed E-state index contributed by atoms with van der Waals surface area (Å²) >= 11 is 0. The van der Waals surface area contributed by atoms with Gasteiger partial charge in [-0.25, -0.2) is 9.36 Å². The maximum Gasteiger partial charge on any atom is 0.130 e. The summed E-state index contributed by atoms with van der Waals surface area (Å²) in [6.45, 7) is 2.49. The number of nitriles is 1. The normalized spacial score (nSPS) is 11.0. The molecule has 0 bridgehead atoms. The van der Waals surface area contributed by atoms with Crippen LogP contribution in [0.25, 0.3) is 22.2 Å². The van der Waals surface area contributed by atoms with Gasteiger partial charge in [-0.1, -0.05) is 23.4 Å². The van der Waals surface area contributed by atoms with Crippen molar-refractivity contribution in [1.82, 2.24) is 24.8 Å². The van der Waals surface area contributed by atoms with Gasteiger partial charge in [0.1, 0.15) is 11.3 Å². The molecule has 0 radical (unpaired) electrons. The molecule has 2 aromatic heterocycles. The van der Waals surface area contributed by atoms with Crippen LogP contribution in [-0.2, 0) is 13.6 Å². The Bertz CT molecular complexity index is 1140. The highest BCUT2D eigenvalue weighted by molar-refractivity contribution is 5.77. The summed E-state index contributed by atoms with van der Waals surface area (Å²) in [5.74, 6) is 0.603. The van der Waals surface area contributed by atoms with Gasteiger partial charge >= 0.3 is 0 Å². The van der Waals surface area contributed by atoms with Gasteiger partial charge in [-0.3, -0.25) is 0 Å². The number of nitrogens with zero attached hydrogens (tertiary/aromatic N) is 6. The van der Waals surface area contributed by atoms with Gasteiger partial charge in [0.25, 0.3) is 0 Å². The van der Waals surface area contributed by atoms with Gasteiger partial charge in [-0.2, -0.15) is 10.4 Å². The number of nitrogen functional groups attached to an aromatic ring is 1. The number of fused-ring (bicyclic) bond motifs is 1. The third-order valence-corrected chi connectivity index (χ3v) is 4.48. The number of benzene rings is 2. The monoisotopic (exact) mass is 343 g/mol. The first-order chi connectivity index (χ1) is 12.6. The quantitative estimate of drug-likeness (QED) is 0.616. The molecule has 128 valence electrons. The minimum Gasteiger partial charge on any atom is -0.383 e. The summed E-state index contributed by atoms with van der Waals surface area (Å²) in [5.41, 5.74) is 12.6. The summed E-state index contributed by atoms with van der Waals surface area (Å²) in [6, 6.07) is 15.5. The molecule has 2 heterocycles. The number of rotatable bonds is 3. The molecule has 0 amide bonds. The van der Waals surface area contributed by atoms with Crippen molar-refractivity contribution in [3.05, 3.63) is 59.3 Å². The Labute approximate surface area is 150 Å². The Hall–Kier alpha value is -3.66. The van der Waals surface area contributed by atoms with Gasteiger partial charge in [0, 0.05) is 12.6 Å². The first kappa shape index (κ1) is 15.8. The van der Waals surface area contributed by atoms with E-state index in [2.05, 4.69) is 21.5 Å². The van der Waals surface area contributed by atoms with Crippen LogP contribution in [0.4, 0.5) is 5.82 Å². The van der Waals surface area contributed by atoms with Crippen molar-refractivity contribution < 1.29 is 0 Å². The topological polar surface area (TPSA) is 98.3 Å². The summed E-state index contributed by atoms with van der Waals surface area (Å²) in [7, 11) is 1.87. The summed E-state index contributed by atoms with van der Waals surface area (Å²) in [6.07, 6.45) is 0. The van der Waals surface area contributed by atoms with E-state index in [1.807, 2.05) is 44.3 Å². The second-order valence-corrected chi connectivity index (χ2v) is 6.23. The van der Waals surface area contributed by atoms with Crippen LogP contribution in [0.1, 0.15) is 16.8 Å². The fraction of sp³-hybridized carbons (Fsp3) is 0.158. The molecule has 0 aliphatic rings. The van der Waals surface area contributed by atoms with Gasteiger partial charge < -0.3 is 5.73 Å². The Morgan fingerprint density at radius 1 is 1.15 bits per heavy atom. The lowest BCUT2D eigenvalue weighted by molar-refractivity contribution is 0.690. The molecule has 4 aromatic rings. The van der Waals surface area contributed by atoms with Crippen molar-refractivity contribution in [2.75, 3.05) is 5.73 Å². The SMILES string of the molecule is Cc1nn(Cc2ccc3c(c2)nnn3C)c(N)c1-c1ccc(C#N)cc1. The highest BCUT2D eigenvalue weighted by Gasteiger charge is 2.15. The predicted molar refractivity (Wildman–Crippen MR) is 99.1 cm³/mol. The van der Waals surface area contributed by atoms with E-state index < -0.39 is 0 Å². The van der Waals surface area contributed by atoms with Crippen molar-refractivity contribution in [3.63, 3.8) is 0 Å². The number of anilines is 1. The molecule has 2 aromatic carbocycles. The van der Waals surface area contributed by atoms with E-state index in [1.165, 1.54) is 0 Å². The van der Waals surface area contributed by atoms with Crippen LogP contribution >= 0.6 is 0 Å². The Kier molecular flexibility index (Phi) is 3.66. The average molecular weight is 343 g/mol. The van der Waals surface area contributed by atoms with Crippen LogP contribution in [0.3, 0.4) is 0 Å². The molecule has 0 spiro atoms. The number of hydrogen-bond donors (Lipinski definition) is 1. The molecule has 0 aliphatic carbocycles. The van der Waals surface area contributed by atoms with E-state index in [9.17, 15) is 0 Å². The van der Waals surface area contributed by atoms with Crippen molar-refractivity contribution in [2.45, 2.75) is 13.5 Å². The first-order valence-electron chi connectivity index (χ1n) is 8.18. The summed E-state index contributed by atoms with van der Waals surface area (Å²) in [5, 5.41) is 21.7. The molecule has 7 nitrogen and oxygen atoms in total. The minimum absolute atomic E-state index is 0.551. The maximum atomic E-state index is 8.95. The van der Waals surface area contributed by atoms with Crippen LogP contribution in [0.2, 0.25) is 0 Å². The van der Waals surface area contributed by atoms with Crippen LogP contribution in [0, 0.1) is 18.3 Å². The fourth-order valence-electron chi connectivity index (χ4n) is 3.15. The van der Waals surface area contributed by atoms with Gasteiger partial charge in [-0.05, 0) is 42.3 Å². The van der Waals surface area contributed by atoms with Gasteiger partial charge in [0.2, 0.25) is 0 Å². The first-order valence-corrected chi connectivity index (χ1v) is 8.18. The van der Waals surface area contributed by atoms with E-state index in [4.69, 9.17) is 11.0 Å². The lowest BCUT2D eigenvalue weighted by atomic mass is 10.0. The molecule has 0 atom stereocenters. The zero-order valence-electron chi connectivity index (χ0n) is 14.5. The zero-order valence-corrected chi connectivity index (χ0v) is 14.5. The maximum absolute atomic E-state index is 8.95. The van der Waals surface area contributed by atoms with E-state index in [1.54, 1.807) is 21.5 Å². The predicted octanol–water partition coefficient (Wildman–Crippen LogP) is 2.64. The van der Waals surface area contributed by atoms with Crippen LogP contribution in [0.15, 0.2) is 42.5 Å². The molecular formula is C19H17N7. The van der Waals surface area contributed by atoms with Crippen molar-refractivity contribution >= 4 is 16.9 Å². The fourth-order valence-corrected chi connectivity index (χ4v) is 3.15. The van der Waals surface area contributed by atoms with Crippen LogP contribution < -0.4 is 5.73 Å². The Morgan fingerprint density at radius 3 is 2.65 bits per heavy atom. The molecule has 2 N–H and O–H groups in total. The Morgan fingerprint density at radius 2 is 1.92 bits per heavy atom. The van der Waals surface area contributed by atoms with Crippen LogP contribution in [0.5, 0.6) is 0 Å². The minimum atomic E-state index is 0.551. The standard InChI is InChI=1S/C19H17N7/c1-12-18(15-6-3-13(10-20)4-7-15)19(21)26(23-12)11-14-5-8-17-16(9-14)22-24-25(17)2/h3-9H,11,21H2,1-2H3. The highest BCUT2D eigenvalue weighted by atomic mass is 15.4. The number of aromatic nitrogens is 5. The average Bonchev–Trinajstić information content (AvgIpc) is 3.15. The molecule has 7 heteroatoms. The van der Waals surface area contributed by atoms with E-state index in [0.29, 0.717) is 17.9 Å². The third-order valence-electron chi connectivity index (χ3n) is 4.48. The van der Waals surface area contributed by atoms with Crippen molar-refractivity contribution in [2.24, 2.45) is 7.05 Å². The molecule has 0 saturated carbocycles. The molecule has 0 unspecified atom stereocenters. The zero-order chi connectivity index (χ0) is 18.3. The molecular weight excluding hydrogens is 326 g/mol. The second-order valence-electron chi connectivity index (χ2n) is 6.23. The highest BCUT2D eigenvalue weighted by Crippen LogP contribution is 2.30. The summed E-state index contributed by atoms with van der Waals surface area (Å²) < 4.78 is 3.54. The largest absolute Gasteiger partial charge is 0.383 e. The van der Waals surface area contributed by atoms with Crippen LogP contribution in [-0.4, -0.2) is 24.8 Å². The van der Waals surface area contributed by atoms with Crippen molar-refractivity contribution in [3.8, 4) is 17.2 Å². The number of aryl methyl sites for hydroxylation is 2. The molecule has 0 aliphatic heterocycles. The van der Waals surface area contributed by atoms with E-state index >= 15 is 0 Å². The van der Waals surface area contributed by atoms with E-state index in [-0.39, 0.29) is 0 Å². The molecule has 0 saturated heterocycles. The molecule has 4 rings (SSSR count). The molecule has 26 heavy (non-hydrogen) atoms. The lowest BCUT2D eigenvalue weighted by Crippen LogP contribution is -2.06. The molecule has 0 fully saturated rings. The second kappa shape index (κ2) is 6.01. The van der Waals surface area contributed by atoms with Gasteiger partial charge in [-0.15, -0.1) is 5.10 Å². The van der Waals surface area contributed by atoms with Crippen molar-refractivity contribution in [1.29, 1.82) is 5.26 Å². The van der Waals surface area contributed by atoms with Gasteiger partial charge in [0.15, 0.2) is 0 Å². The lowest BCUT2D eigenvalue weighted by Gasteiger charge is -2.06. The number of hydrogen-bond acceptors (Lipinski definition) is 5. The van der Waals surface area contributed by atoms with Gasteiger partial charge in [0.05, 0.1) is 29.4 Å². The summed E-state index contributed by atoms with van der Waals surface area (Å²) in [4.78, 5) is 0. The number of nitrogens with two attached hydrogens (primary N) is 1.